The smallest absolute Gasteiger partial charge is 0.290 e. The van der Waals surface area contributed by atoms with Crippen LogP contribution in [0.3, 0.4) is 0 Å². The number of amides is 3. The van der Waals surface area contributed by atoms with Crippen molar-refractivity contribution in [1.82, 2.24) is 10.4 Å². The van der Waals surface area contributed by atoms with E-state index in [4.69, 9.17) is 21.6 Å². The van der Waals surface area contributed by atoms with Crippen molar-refractivity contribution in [2.24, 2.45) is 0 Å². The molecule has 0 fully saturated rings. The maximum atomic E-state index is 12.0. The summed E-state index contributed by atoms with van der Waals surface area (Å²) in [6.45, 7) is 1.13. The number of nitrogens with one attached hydrogen (secondary N) is 1. The van der Waals surface area contributed by atoms with Crippen LogP contribution in [-0.4, -0.2) is 29.3 Å². The Kier molecular flexibility index (Phi) is 4.98. The molecule has 0 bridgehead atoms. The molecule has 0 radical (unpaired) electrons. The van der Waals surface area contributed by atoms with Crippen LogP contribution in [0.5, 0.6) is 5.75 Å². The van der Waals surface area contributed by atoms with Crippen LogP contribution in [-0.2, 0) is 14.4 Å². The number of nitriles is 1. The van der Waals surface area contributed by atoms with E-state index in [1.165, 1.54) is 6.92 Å². The Morgan fingerprint density at radius 2 is 2.04 bits per heavy atom. The highest BCUT2D eigenvalue weighted by molar-refractivity contribution is 6.30. The first-order valence-corrected chi connectivity index (χ1v) is 6.95. The van der Waals surface area contributed by atoms with Crippen LogP contribution in [0.1, 0.15) is 13.3 Å². The molecule has 7 nitrogen and oxygen atoms in total. The van der Waals surface area contributed by atoms with Gasteiger partial charge in [0.25, 0.3) is 17.7 Å². The number of ether oxygens (including phenoxy) is 1. The third-order valence-electron chi connectivity index (χ3n) is 3.04. The quantitative estimate of drug-likeness (QED) is 0.838. The molecule has 3 amide bonds. The zero-order valence-corrected chi connectivity index (χ0v) is 12.9. The summed E-state index contributed by atoms with van der Waals surface area (Å²) >= 11 is 5.73. The summed E-state index contributed by atoms with van der Waals surface area (Å²) in [5, 5.41) is 10.00. The Morgan fingerprint density at radius 3 is 2.65 bits per heavy atom. The van der Waals surface area contributed by atoms with Crippen molar-refractivity contribution in [3.8, 4) is 11.8 Å². The van der Waals surface area contributed by atoms with Gasteiger partial charge in [-0.25, -0.2) is 0 Å². The molecular weight excluding hydrogens is 322 g/mol. The van der Waals surface area contributed by atoms with Crippen LogP contribution in [0.25, 0.3) is 0 Å². The van der Waals surface area contributed by atoms with Gasteiger partial charge in [0, 0.05) is 5.02 Å². The summed E-state index contributed by atoms with van der Waals surface area (Å²) < 4.78 is 5.21. The molecule has 0 spiro atoms. The number of rotatable bonds is 4. The van der Waals surface area contributed by atoms with E-state index >= 15 is 0 Å². The standard InChI is InChI=1S/C15H12ClN3O4/c1-9-6-14(21)19(15(22)12(9)7-17)18-13(20)8-23-11-4-2-10(16)3-5-11/h2-5H,6,8H2,1H3,(H,18,20). The summed E-state index contributed by atoms with van der Waals surface area (Å²) in [4.78, 5) is 35.6. The number of hydrazine groups is 1. The van der Waals surface area contributed by atoms with Crippen molar-refractivity contribution in [3.05, 3.63) is 40.4 Å². The maximum absolute atomic E-state index is 12.0. The average molecular weight is 334 g/mol. The zero-order chi connectivity index (χ0) is 17.0. The van der Waals surface area contributed by atoms with Crippen molar-refractivity contribution < 1.29 is 19.1 Å². The molecule has 0 aromatic heterocycles. The molecule has 0 unspecified atom stereocenters. The molecule has 0 atom stereocenters. The van der Waals surface area contributed by atoms with Crippen LogP contribution in [0, 0.1) is 11.3 Å². The fourth-order valence-corrected chi connectivity index (χ4v) is 2.02. The van der Waals surface area contributed by atoms with Gasteiger partial charge in [-0.15, -0.1) is 0 Å². The van der Waals surface area contributed by atoms with E-state index in [-0.39, 0.29) is 12.0 Å². The first kappa shape index (κ1) is 16.5. The Hall–Kier alpha value is -2.85. The van der Waals surface area contributed by atoms with E-state index in [1.807, 2.05) is 0 Å². The highest BCUT2D eigenvalue weighted by Gasteiger charge is 2.33. The summed E-state index contributed by atoms with van der Waals surface area (Å²) in [7, 11) is 0. The SMILES string of the molecule is CC1=C(C#N)C(=O)N(NC(=O)COc2ccc(Cl)cc2)C(=O)C1. The minimum Gasteiger partial charge on any atom is -0.484 e. The monoisotopic (exact) mass is 333 g/mol. The van der Waals surface area contributed by atoms with Crippen LogP contribution in [0.4, 0.5) is 0 Å². The lowest BCUT2D eigenvalue weighted by Gasteiger charge is -2.25. The van der Waals surface area contributed by atoms with Gasteiger partial charge in [0.05, 0.1) is 6.42 Å². The van der Waals surface area contributed by atoms with Gasteiger partial charge in [-0.3, -0.25) is 19.8 Å². The van der Waals surface area contributed by atoms with Gasteiger partial charge in [-0.1, -0.05) is 11.6 Å². The number of carbonyl (C=O) groups is 3. The lowest BCUT2D eigenvalue weighted by atomic mass is 10.0. The first-order chi connectivity index (χ1) is 10.9. The van der Waals surface area contributed by atoms with Crippen LogP contribution in [0.15, 0.2) is 35.4 Å². The second-order valence-electron chi connectivity index (χ2n) is 4.76. The predicted octanol–water partition coefficient (Wildman–Crippen LogP) is 1.35. The number of benzene rings is 1. The van der Waals surface area contributed by atoms with E-state index in [0.29, 0.717) is 21.4 Å². The van der Waals surface area contributed by atoms with Crippen LogP contribution < -0.4 is 10.2 Å². The van der Waals surface area contributed by atoms with Crippen molar-refractivity contribution in [2.45, 2.75) is 13.3 Å². The summed E-state index contributed by atoms with van der Waals surface area (Å²) in [6, 6.07) is 8.08. The van der Waals surface area contributed by atoms with E-state index in [9.17, 15) is 14.4 Å². The molecule has 1 N–H and O–H groups in total. The molecule has 1 aliphatic heterocycles. The third kappa shape index (κ3) is 3.87. The number of nitrogens with zero attached hydrogens (tertiary/aromatic N) is 2. The van der Waals surface area contributed by atoms with E-state index in [0.717, 1.165) is 0 Å². The molecule has 23 heavy (non-hydrogen) atoms. The van der Waals surface area contributed by atoms with Crippen LogP contribution in [0.2, 0.25) is 5.02 Å². The van der Waals surface area contributed by atoms with Crippen LogP contribution >= 0.6 is 11.6 Å². The normalized spacial score (nSPS) is 14.6. The van der Waals surface area contributed by atoms with Gasteiger partial charge in [-0.05, 0) is 36.8 Å². The largest absolute Gasteiger partial charge is 0.484 e. The summed E-state index contributed by atoms with van der Waals surface area (Å²) in [5.74, 6) is -1.74. The number of imide groups is 1. The van der Waals surface area contributed by atoms with Gasteiger partial charge in [0.1, 0.15) is 17.4 Å². The van der Waals surface area contributed by atoms with Gasteiger partial charge in [-0.2, -0.15) is 10.3 Å². The molecule has 1 aromatic carbocycles. The summed E-state index contributed by atoms with van der Waals surface area (Å²) in [5.41, 5.74) is 2.37. The number of hydrogen-bond acceptors (Lipinski definition) is 5. The van der Waals surface area contributed by atoms with Gasteiger partial charge < -0.3 is 4.74 Å². The lowest BCUT2D eigenvalue weighted by Crippen LogP contribution is -2.53. The van der Waals surface area contributed by atoms with E-state index < -0.39 is 24.3 Å². The fourth-order valence-electron chi connectivity index (χ4n) is 1.89. The van der Waals surface area contributed by atoms with Crippen molar-refractivity contribution >= 4 is 29.3 Å². The summed E-state index contributed by atoms with van der Waals surface area (Å²) in [6.07, 6.45) is -0.104. The second-order valence-corrected chi connectivity index (χ2v) is 5.19. The Bertz CT molecular complexity index is 734. The molecule has 1 aromatic rings. The van der Waals surface area contributed by atoms with E-state index in [2.05, 4.69) is 5.43 Å². The maximum Gasteiger partial charge on any atom is 0.290 e. The Labute approximate surface area is 137 Å². The average Bonchev–Trinajstić information content (AvgIpc) is 2.51. The minimum atomic E-state index is -0.846. The van der Waals surface area contributed by atoms with Crippen molar-refractivity contribution in [2.75, 3.05) is 6.61 Å². The van der Waals surface area contributed by atoms with Gasteiger partial charge in [0.2, 0.25) is 0 Å². The van der Waals surface area contributed by atoms with Crippen molar-refractivity contribution in [1.29, 1.82) is 5.26 Å². The molecule has 118 valence electrons. The molecule has 0 saturated carbocycles. The number of hydrogen-bond donors (Lipinski definition) is 1. The van der Waals surface area contributed by atoms with Crippen molar-refractivity contribution in [3.63, 3.8) is 0 Å². The fraction of sp³-hybridized carbons (Fsp3) is 0.200. The molecule has 2 rings (SSSR count). The van der Waals surface area contributed by atoms with Gasteiger partial charge in [0.15, 0.2) is 6.61 Å². The molecule has 1 aliphatic rings. The Morgan fingerprint density at radius 1 is 1.39 bits per heavy atom. The first-order valence-electron chi connectivity index (χ1n) is 6.57. The molecular formula is C15H12ClN3O4. The molecule has 1 heterocycles. The molecule has 8 heteroatoms. The number of carbonyl (C=O) groups excluding carboxylic acids is 3. The van der Waals surface area contributed by atoms with E-state index in [1.54, 1.807) is 30.3 Å². The molecule has 0 saturated heterocycles. The highest BCUT2D eigenvalue weighted by atomic mass is 35.5. The molecule has 0 aliphatic carbocycles. The topological polar surface area (TPSA) is 99.5 Å². The second kappa shape index (κ2) is 6.94. The number of halogens is 1. The Balaban J connectivity index is 1.97. The minimum absolute atomic E-state index is 0.104. The lowest BCUT2D eigenvalue weighted by molar-refractivity contribution is -0.152. The van der Waals surface area contributed by atoms with Gasteiger partial charge >= 0.3 is 0 Å². The predicted molar refractivity (Wildman–Crippen MR) is 79.9 cm³/mol. The zero-order valence-electron chi connectivity index (χ0n) is 12.1. The highest BCUT2D eigenvalue weighted by Crippen LogP contribution is 2.18. The third-order valence-corrected chi connectivity index (χ3v) is 3.29.